The zero-order valence-corrected chi connectivity index (χ0v) is 5.77. The van der Waals surface area contributed by atoms with Gasteiger partial charge >= 0.3 is 0 Å². The molecule has 0 aromatic heterocycles. The van der Waals surface area contributed by atoms with E-state index in [1.54, 1.807) is 0 Å². The van der Waals surface area contributed by atoms with Gasteiger partial charge < -0.3 is 11.1 Å². The largest absolute Gasteiger partial charge is 0.354 e. The molecule has 1 amide bonds. The molecule has 3 heteroatoms. The predicted molar refractivity (Wildman–Crippen MR) is 41.5 cm³/mol. The van der Waals surface area contributed by atoms with Crippen LogP contribution in [-0.2, 0) is 4.79 Å². The Morgan fingerprint density at radius 2 is 2.20 bits per heavy atom. The van der Waals surface area contributed by atoms with Crippen molar-refractivity contribution in [1.82, 2.24) is 5.32 Å². The second-order valence-corrected chi connectivity index (χ2v) is 3.04. The SMILES string of the molecule is C.CC1(C)C(=O)NCC1N. The number of hydrogen-bond donors (Lipinski definition) is 2. The van der Waals surface area contributed by atoms with E-state index in [0.717, 1.165) is 0 Å². The molecule has 0 bridgehead atoms. The highest BCUT2D eigenvalue weighted by atomic mass is 16.2. The summed E-state index contributed by atoms with van der Waals surface area (Å²) in [6.07, 6.45) is 0. The standard InChI is InChI=1S/C6H12N2O.CH4/c1-6(2)4(7)3-8-5(6)9;/h4H,3,7H2,1-2H3,(H,8,9);1H4. The molecule has 1 rings (SSSR count). The van der Waals surface area contributed by atoms with Crippen LogP contribution in [0.3, 0.4) is 0 Å². The fourth-order valence-electron chi connectivity index (χ4n) is 0.854. The van der Waals surface area contributed by atoms with Crippen LogP contribution in [0.4, 0.5) is 0 Å². The van der Waals surface area contributed by atoms with Crippen molar-refractivity contribution in [2.75, 3.05) is 6.54 Å². The Morgan fingerprint density at radius 1 is 1.70 bits per heavy atom. The van der Waals surface area contributed by atoms with Crippen molar-refractivity contribution in [3.8, 4) is 0 Å². The normalized spacial score (nSPS) is 29.1. The molecule has 0 aromatic carbocycles. The van der Waals surface area contributed by atoms with Crippen LogP contribution in [0, 0.1) is 5.41 Å². The molecule has 1 heterocycles. The summed E-state index contributed by atoms with van der Waals surface area (Å²) >= 11 is 0. The highest BCUT2D eigenvalue weighted by Gasteiger charge is 2.39. The summed E-state index contributed by atoms with van der Waals surface area (Å²) in [4.78, 5) is 10.9. The van der Waals surface area contributed by atoms with E-state index in [4.69, 9.17) is 5.73 Å². The third-order valence-corrected chi connectivity index (χ3v) is 1.99. The van der Waals surface area contributed by atoms with Gasteiger partial charge in [-0.25, -0.2) is 0 Å². The van der Waals surface area contributed by atoms with Crippen molar-refractivity contribution in [2.24, 2.45) is 11.1 Å². The Morgan fingerprint density at radius 3 is 2.30 bits per heavy atom. The van der Waals surface area contributed by atoms with Crippen LogP contribution >= 0.6 is 0 Å². The molecule has 3 nitrogen and oxygen atoms in total. The lowest BCUT2D eigenvalue weighted by Gasteiger charge is -2.18. The van der Waals surface area contributed by atoms with E-state index in [1.807, 2.05) is 13.8 Å². The van der Waals surface area contributed by atoms with Crippen LogP contribution in [0.5, 0.6) is 0 Å². The van der Waals surface area contributed by atoms with Gasteiger partial charge in [0, 0.05) is 12.6 Å². The summed E-state index contributed by atoms with van der Waals surface area (Å²) in [7, 11) is 0. The van der Waals surface area contributed by atoms with Gasteiger partial charge in [0.2, 0.25) is 5.91 Å². The first kappa shape index (κ1) is 9.43. The molecule has 0 saturated carbocycles. The molecular formula is C7H16N2O. The van der Waals surface area contributed by atoms with Crippen molar-refractivity contribution in [1.29, 1.82) is 0 Å². The van der Waals surface area contributed by atoms with E-state index < -0.39 is 0 Å². The maximum atomic E-state index is 10.9. The van der Waals surface area contributed by atoms with Crippen LogP contribution in [0.2, 0.25) is 0 Å². The molecule has 0 aliphatic carbocycles. The second kappa shape index (κ2) is 2.58. The lowest BCUT2D eigenvalue weighted by atomic mass is 9.88. The van der Waals surface area contributed by atoms with Gasteiger partial charge in [0.1, 0.15) is 0 Å². The van der Waals surface area contributed by atoms with Crippen LogP contribution < -0.4 is 11.1 Å². The minimum atomic E-state index is -0.361. The smallest absolute Gasteiger partial charge is 0.227 e. The minimum absolute atomic E-state index is 0. The monoisotopic (exact) mass is 144 g/mol. The Bertz CT molecular complexity index is 143. The van der Waals surface area contributed by atoms with E-state index in [2.05, 4.69) is 5.32 Å². The first-order valence-corrected chi connectivity index (χ1v) is 3.09. The topological polar surface area (TPSA) is 55.1 Å². The molecular weight excluding hydrogens is 128 g/mol. The van der Waals surface area contributed by atoms with Gasteiger partial charge in [-0.15, -0.1) is 0 Å². The lowest BCUT2D eigenvalue weighted by Crippen LogP contribution is -2.37. The third kappa shape index (κ3) is 1.14. The van der Waals surface area contributed by atoms with Gasteiger partial charge in [0.05, 0.1) is 5.41 Å². The van der Waals surface area contributed by atoms with Crippen LogP contribution in [0.25, 0.3) is 0 Å². The molecule has 1 unspecified atom stereocenters. The van der Waals surface area contributed by atoms with Crippen LogP contribution in [0.1, 0.15) is 21.3 Å². The Hall–Kier alpha value is -0.570. The summed E-state index contributed by atoms with van der Waals surface area (Å²) in [5.74, 6) is 0.0648. The average molecular weight is 144 g/mol. The fraction of sp³-hybridized carbons (Fsp3) is 0.857. The number of nitrogens with one attached hydrogen (secondary N) is 1. The first-order chi connectivity index (χ1) is 4.05. The molecule has 1 atom stereocenters. The summed E-state index contributed by atoms with van der Waals surface area (Å²) < 4.78 is 0. The molecule has 60 valence electrons. The molecule has 0 spiro atoms. The van der Waals surface area contributed by atoms with Gasteiger partial charge in [-0.3, -0.25) is 4.79 Å². The van der Waals surface area contributed by atoms with Gasteiger partial charge in [0.15, 0.2) is 0 Å². The molecule has 1 fully saturated rings. The molecule has 3 N–H and O–H groups in total. The first-order valence-electron chi connectivity index (χ1n) is 3.09. The summed E-state index contributed by atoms with van der Waals surface area (Å²) in [6.45, 7) is 4.34. The molecule has 1 aliphatic rings. The van der Waals surface area contributed by atoms with Gasteiger partial charge in [0.25, 0.3) is 0 Å². The highest BCUT2D eigenvalue weighted by Crippen LogP contribution is 2.22. The molecule has 0 aromatic rings. The molecule has 10 heavy (non-hydrogen) atoms. The highest BCUT2D eigenvalue weighted by molar-refractivity contribution is 5.85. The van der Waals surface area contributed by atoms with E-state index in [9.17, 15) is 4.79 Å². The van der Waals surface area contributed by atoms with Gasteiger partial charge in [-0.1, -0.05) is 7.43 Å². The summed E-state index contributed by atoms with van der Waals surface area (Å²) in [5, 5.41) is 2.70. The van der Waals surface area contributed by atoms with E-state index in [-0.39, 0.29) is 24.8 Å². The second-order valence-electron chi connectivity index (χ2n) is 3.04. The van der Waals surface area contributed by atoms with Crippen LogP contribution in [-0.4, -0.2) is 18.5 Å². The van der Waals surface area contributed by atoms with Gasteiger partial charge in [-0.2, -0.15) is 0 Å². The molecule has 1 saturated heterocycles. The van der Waals surface area contributed by atoms with E-state index in [0.29, 0.717) is 6.54 Å². The summed E-state index contributed by atoms with van der Waals surface area (Å²) in [6, 6.07) is -0.0231. The quantitative estimate of drug-likeness (QED) is 0.507. The Labute approximate surface area is 62.0 Å². The number of rotatable bonds is 0. The molecule has 0 radical (unpaired) electrons. The zero-order chi connectivity index (χ0) is 7.07. The van der Waals surface area contributed by atoms with E-state index >= 15 is 0 Å². The van der Waals surface area contributed by atoms with Crippen molar-refractivity contribution in [3.63, 3.8) is 0 Å². The maximum absolute atomic E-state index is 10.9. The number of carbonyl (C=O) groups is 1. The number of hydrogen-bond acceptors (Lipinski definition) is 2. The van der Waals surface area contributed by atoms with Crippen molar-refractivity contribution < 1.29 is 4.79 Å². The maximum Gasteiger partial charge on any atom is 0.227 e. The zero-order valence-electron chi connectivity index (χ0n) is 5.77. The van der Waals surface area contributed by atoms with Crippen molar-refractivity contribution in [2.45, 2.75) is 27.3 Å². The van der Waals surface area contributed by atoms with Crippen LogP contribution in [0.15, 0.2) is 0 Å². The fourth-order valence-corrected chi connectivity index (χ4v) is 0.854. The predicted octanol–water partition coefficient (Wildman–Crippen LogP) is 0.106. The number of nitrogens with two attached hydrogens (primary N) is 1. The number of amides is 1. The summed E-state index contributed by atoms with van der Waals surface area (Å²) in [5.41, 5.74) is 5.26. The minimum Gasteiger partial charge on any atom is -0.354 e. The average Bonchev–Trinajstić information content (AvgIpc) is 1.96. The third-order valence-electron chi connectivity index (χ3n) is 1.99. The van der Waals surface area contributed by atoms with Gasteiger partial charge in [-0.05, 0) is 13.8 Å². The van der Waals surface area contributed by atoms with Crippen molar-refractivity contribution >= 4 is 5.91 Å². The molecule has 1 aliphatic heterocycles. The number of carbonyl (C=O) groups excluding carboxylic acids is 1. The Balaban J connectivity index is 0.000000810. The van der Waals surface area contributed by atoms with E-state index in [1.165, 1.54) is 0 Å². The Kier molecular flexibility index (Phi) is 2.43. The van der Waals surface area contributed by atoms with Crippen molar-refractivity contribution in [3.05, 3.63) is 0 Å². The lowest BCUT2D eigenvalue weighted by molar-refractivity contribution is -0.126.